The topological polar surface area (TPSA) is 20.2 Å². The molecule has 0 aromatic rings. The molecule has 1 saturated carbocycles. The summed E-state index contributed by atoms with van der Waals surface area (Å²) in [6.45, 7) is 3.48. The van der Waals surface area contributed by atoms with Crippen LogP contribution in [0.25, 0.3) is 0 Å². The van der Waals surface area contributed by atoms with Gasteiger partial charge in [-0.3, -0.25) is 0 Å². The molecule has 0 saturated heterocycles. The lowest BCUT2D eigenvalue weighted by Gasteiger charge is -2.06. The molecular weight excluding hydrogens is 156 g/mol. The smallest absolute Gasteiger partial charge is 0.0694 e. The molecule has 0 aromatic heterocycles. The van der Waals surface area contributed by atoms with Gasteiger partial charge < -0.3 is 5.11 Å². The number of rotatable bonds is 1. The molecule has 1 radical (unpaired) electrons. The average Bonchev–Trinajstić information content (AvgIpc) is 2.21. The van der Waals surface area contributed by atoms with Gasteiger partial charge in [-0.15, -0.1) is 0 Å². The van der Waals surface area contributed by atoms with Crippen LogP contribution in [0.3, 0.4) is 0 Å². The minimum atomic E-state index is -0.424. The Kier molecular flexibility index (Phi) is 1.16. The van der Waals surface area contributed by atoms with Crippen LogP contribution in [0.15, 0.2) is 0 Å². The Morgan fingerprint density at radius 3 is 2.14 bits per heavy atom. The number of hydrogen-bond donors (Lipinski definition) is 1. The van der Waals surface area contributed by atoms with E-state index in [1.165, 1.54) is 0 Å². The molecule has 0 heterocycles. The molecular formula is C5H8BrO. The third-order valence-electron chi connectivity index (χ3n) is 1.32. The van der Waals surface area contributed by atoms with E-state index in [4.69, 9.17) is 5.11 Å². The zero-order chi connectivity index (χ0) is 5.49. The molecule has 0 aromatic carbocycles. The van der Waals surface area contributed by atoms with Gasteiger partial charge in [0.15, 0.2) is 0 Å². The minimum Gasteiger partial charge on any atom is -0.392 e. The molecule has 0 aliphatic heterocycles. The van der Waals surface area contributed by atoms with Crippen LogP contribution < -0.4 is 0 Å². The van der Waals surface area contributed by atoms with Gasteiger partial charge in [0.1, 0.15) is 0 Å². The van der Waals surface area contributed by atoms with Gasteiger partial charge in [0.05, 0.1) is 10.4 Å². The lowest BCUT2D eigenvalue weighted by molar-refractivity contribution is 0.212. The molecule has 41 valence electrons. The van der Waals surface area contributed by atoms with Gasteiger partial charge in [0.2, 0.25) is 0 Å². The van der Waals surface area contributed by atoms with Crippen LogP contribution >= 0.6 is 15.9 Å². The quantitative estimate of drug-likeness (QED) is 0.575. The summed E-state index contributed by atoms with van der Waals surface area (Å²) in [7, 11) is 0. The molecule has 7 heavy (non-hydrogen) atoms. The fourth-order valence-electron chi connectivity index (χ4n) is 0.453. The highest BCUT2D eigenvalue weighted by molar-refractivity contribution is 9.10. The maximum absolute atomic E-state index is 8.79. The van der Waals surface area contributed by atoms with Crippen molar-refractivity contribution in [1.82, 2.24) is 0 Å². The van der Waals surface area contributed by atoms with Crippen molar-refractivity contribution in [3.63, 3.8) is 0 Å². The van der Waals surface area contributed by atoms with E-state index in [1.807, 2.05) is 0 Å². The maximum atomic E-state index is 8.79. The van der Waals surface area contributed by atoms with Gasteiger partial charge in [-0.1, -0.05) is 15.9 Å². The monoisotopic (exact) mass is 163 g/mol. The van der Waals surface area contributed by atoms with Crippen molar-refractivity contribution < 1.29 is 5.11 Å². The van der Waals surface area contributed by atoms with E-state index in [0.29, 0.717) is 0 Å². The van der Waals surface area contributed by atoms with Crippen molar-refractivity contribution >= 4 is 15.9 Å². The summed E-state index contributed by atoms with van der Waals surface area (Å²) in [4.78, 5) is 0. The van der Waals surface area contributed by atoms with Crippen molar-refractivity contribution in [2.45, 2.75) is 23.3 Å². The van der Waals surface area contributed by atoms with Crippen molar-refractivity contribution in [3.05, 3.63) is 6.92 Å². The normalized spacial score (nSPS) is 29.6. The Bertz CT molecular complexity index is 76.1. The van der Waals surface area contributed by atoms with Gasteiger partial charge in [0, 0.05) is 0 Å². The van der Waals surface area contributed by atoms with Crippen LogP contribution in [-0.4, -0.2) is 15.5 Å². The summed E-state index contributed by atoms with van der Waals surface area (Å²) in [5, 5.41) is 8.79. The molecule has 1 nitrogen and oxygen atoms in total. The van der Waals surface area contributed by atoms with Crippen molar-refractivity contribution in [2.75, 3.05) is 0 Å². The van der Waals surface area contributed by atoms with E-state index in [2.05, 4.69) is 22.9 Å². The van der Waals surface area contributed by atoms with E-state index in [0.717, 1.165) is 12.8 Å². The number of halogens is 1. The summed E-state index contributed by atoms with van der Waals surface area (Å²) < 4.78 is 0.00694. The molecule has 1 atom stereocenters. The van der Waals surface area contributed by atoms with Crippen LogP contribution in [0.2, 0.25) is 0 Å². The Morgan fingerprint density at radius 2 is 2.14 bits per heavy atom. The lowest BCUT2D eigenvalue weighted by atomic mass is 10.3. The predicted molar refractivity (Wildman–Crippen MR) is 32.3 cm³/mol. The van der Waals surface area contributed by atoms with Gasteiger partial charge in [-0.05, 0) is 19.8 Å². The Labute approximate surface area is 51.9 Å². The third kappa shape index (κ3) is 0.970. The molecule has 1 unspecified atom stereocenters. The van der Waals surface area contributed by atoms with E-state index in [1.54, 1.807) is 0 Å². The second-order valence-corrected chi connectivity index (χ2v) is 3.63. The number of hydrogen-bond acceptors (Lipinski definition) is 1. The molecule has 1 fully saturated rings. The molecule has 1 N–H and O–H groups in total. The first-order valence-corrected chi connectivity index (χ1v) is 3.14. The minimum absolute atomic E-state index is 0.00694. The van der Waals surface area contributed by atoms with E-state index >= 15 is 0 Å². The SMILES string of the molecule is [CH2]C(O)C1(Br)CC1. The summed E-state index contributed by atoms with van der Waals surface area (Å²) in [6, 6.07) is 0. The fraction of sp³-hybridized carbons (Fsp3) is 0.800. The summed E-state index contributed by atoms with van der Waals surface area (Å²) in [5.74, 6) is 0. The predicted octanol–water partition coefficient (Wildman–Crippen LogP) is 1.11. The first-order valence-electron chi connectivity index (χ1n) is 2.35. The van der Waals surface area contributed by atoms with Crippen LogP contribution in [0.5, 0.6) is 0 Å². The number of aliphatic hydroxyl groups is 1. The van der Waals surface area contributed by atoms with E-state index < -0.39 is 6.10 Å². The molecule has 2 heteroatoms. The molecule has 1 aliphatic rings. The number of alkyl halides is 1. The highest BCUT2D eigenvalue weighted by Gasteiger charge is 2.44. The number of aliphatic hydroxyl groups excluding tert-OH is 1. The van der Waals surface area contributed by atoms with Gasteiger partial charge >= 0.3 is 0 Å². The summed E-state index contributed by atoms with van der Waals surface area (Å²) in [5.41, 5.74) is 0. The van der Waals surface area contributed by atoms with Crippen LogP contribution in [0.1, 0.15) is 12.8 Å². The van der Waals surface area contributed by atoms with Crippen molar-refractivity contribution in [3.8, 4) is 0 Å². The fourth-order valence-corrected chi connectivity index (χ4v) is 0.651. The average molecular weight is 164 g/mol. The van der Waals surface area contributed by atoms with Crippen LogP contribution in [-0.2, 0) is 0 Å². The summed E-state index contributed by atoms with van der Waals surface area (Å²) in [6.07, 6.45) is 1.71. The Balaban J connectivity index is 2.39. The van der Waals surface area contributed by atoms with Crippen LogP contribution in [0.4, 0.5) is 0 Å². The molecule has 0 bridgehead atoms. The first-order chi connectivity index (χ1) is 3.15. The standard InChI is InChI=1S/C5H8BrO/c1-4(7)5(6)2-3-5/h4,7H,1-3H2. The second-order valence-electron chi connectivity index (χ2n) is 2.05. The largest absolute Gasteiger partial charge is 0.392 e. The highest BCUT2D eigenvalue weighted by atomic mass is 79.9. The second kappa shape index (κ2) is 1.46. The lowest BCUT2D eigenvalue weighted by Crippen LogP contribution is -2.16. The summed E-state index contributed by atoms with van der Waals surface area (Å²) >= 11 is 3.34. The Hall–Kier alpha value is 0.440. The third-order valence-corrected chi connectivity index (χ3v) is 2.65. The molecule has 0 amide bonds. The van der Waals surface area contributed by atoms with E-state index in [9.17, 15) is 0 Å². The molecule has 1 rings (SSSR count). The maximum Gasteiger partial charge on any atom is 0.0694 e. The van der Waals surface area contributed by atoms with Crippen molar-refractivity contribution in [1.29, 1.82) is 0 Å². The van der Waals surface area contributed by atoms with Gasteiger partial charge in [-0.2, -0.15) is 0 Å². The molecule has 0 spiro atoms. The zero-order valence-electron chi connectivity index (χ0n) is 4.02. The van der Waals surface area contributed by atoms with Crippen LogP contribution in [0, 0.1) is 6.92 Å². The highest BCUT2D eigenvalue weighted by Crippen LogP contribution is 2.46. The van der Waals surface area contributed by atoms with E-state index in [-0.39, 0.29) is 4.32 Å². The van der Waals surface area contributed by atoms with Gasteiger partial charge in [-0.25, -0.2) is 0 Å². The zero-order valence-corrected chi connectivity index (χ0v) is 5.61. The Morgan fingerprint density at radius 1 is 1.71 bits per heavy atom. The van der Waals surface area contributed by atoms with Gasteiger partial charge in [0.25, 0.3) is 0 Å². The molecule has 1 aliphatic carbocycles. The van der Waals surface area contributed by atoms with Crippen molar-refractivity contribution in [2.24, 2.45) is 0 Å². The first kappa shape index (κ1) is 5.57.